The van der Waals surface area contributed by atoms with Gasteiger partial charge < -0.3 is 4.84 Å². The van der Waals surface area contributed by atoms with Crippen molar-refractivity contribution >= 4 is 0 Å². The molecule has 0 bridgehead atoms. The molecule has 0 aliphatic carbocycles. The summed E-state index contributed by atoms with van der Waals surface area (Å²) in [5.41, 5.74) is 0. The van der Waals surface area contributed by atoms with Gasteiger partial charge in [-0.3, -0.25) is 0 Å². The zero-order chi connectivity index (χ0) is 4.24. The minimum absolute atomic E-state index is 0.771. The molecule has 0 unspecified atom stereocenters. The quantitative estimate of drug-likeness (QED) is 0.398. The fourth-order valence-electron chi connectivity index (χ4n) is 0.353. The predicted octanol–water partition coefficient (Wildman–Crippen LogP) is -1.15. The van der Waals surface area contributed by atoms with E-state index in [-0.39, 0.29) is 0 Å². The Morgan fingerprint density at radius 2 is 2.67 bits per heavy atom. The van der Waals surface area contributed by atoms with E-state index in [1.165, 1.54) is 0 Å². The summed E-state index contributed by atoms with van der Waals surface area (Å²) in [6, 6.07) is 0. The molecule has 1 aliphatic heterocycles. The lowest BCUT2D eigenvalue weighted by atomic mass is 10.5. The molecule has 0 saturated heterocycles. The summed E-state index contributed by atoms with van der Waals surface area (Å²) in [5.74, 6) is 0. The first-order chi connectivity index (χ1) is 3.00. The Bertz CT molecular complexity index is 53.8. The van der Waals surface area contributed by atoms with Crippen molar-refractivity contribution in [1.29, 1.82) is 0 Å². The van der Waals surface area contributed by atoms with Crippen LogP contribution in [0.15, 0.2) is 5.28 Å². The van der Waals surface area contributed by atoms with Crippen molar-refractivity contribution < 1.29 is 9.95 Å². The molecule has 6 heavy (non-hydrogen) atoms. The number of nitrogens with one attached hydrogen (secondary N) is 1. The molecule has 0 amide bonds. The van der Waals surface area contributed by atoms with Crippen molar-refractivity contribution in [3.8, 4) is 0 Å². The molecule has 0 aromatic heterocycles. The summed E-state index contributed by atoms with van der Waals surface area (Å²) in [6.45, 7) is 1.73. The molecular weight excluding hydrogens is 80.0 g/mol. The topological polar surface area (TPSA) is 35.6 Å². The van der Waals surface area contributed by atoms with E-state index in [9.17, 15) is 0 Å². The second-order valence-corrected chi connectivity index (χ2v) is 1.19. The van der Waals surface area contributed by atoms with Gasteiger partial charge in [0.15, 0.2) is 11.8 Å². The van der Waals surface area contributed by atoms with E-state index in [2.05, 4.69) is 15.2 Å². The number of hydrogen-bond acceptors (Lipinski definition) is 2. The average Bonchev–Trinajstić information content (AvgIpc) is 1.72. The monoisotopic (exact) mass is 87.1 g/mol. The van der Waals surface area contributed by atoms with Gasteiger partial charge in [-0.05, 0) is 0 Å². The standard InChI is InChI=1S/C3H6N2O/c1-2-4-5-6-3-1/h1-3H2/p+1. The van der Waals surface area contributed by atoms with Gasteiger partial charge in [0, 0.05) is 6.42 Å². The van der Waals surface area contributed by atoms with Crippen LogP contribution >= 0.6 is 0 Å². The molecule has 0 fully saturated rings. The maximum atomic E-state index is 4.58. The van der Waals surface area contributed by atoms with E-state index in [4.69, 9.17) is 0 Å². The predicted molar refractivity (Wildman–Crippen MR) is 18.8 cm³/mol. The number of hydrogen-bond donors (Lipinski definition) is 1. The van der Waals surface area contributed by atoms with Crippen LogP contribution in [0.25, 0.3) is 0 Å². The van der Waals surface area contributed by atoms with Crippen molar-refractivity contribution in [3.63, 3.8) is 0 Å². The van der Waals surface area contributed by atoms with Crippen LogP contribution in [0.3, 0.4) is 0 Å². The van der Waals surface area contributed by atoms with Crippen LogP contribution in [-0.2, 0) is 4.84 Å². The zero-order valence-electron chi connectivity index (χ0n) is 3.48. The number of nitrogens with zero attached hydrogens (tertiary/aromatic N) is 1. The largest absolute Gasteiger partial charge is 0.348 e. The van der Waals surface area contributed by atoms with Crippen molar-refractivity contribution in [3.05, 3.63) is 0 Å². The molecule has 0 radical (unpaired) electrons. The van der Waals surface area contributed by atoms with Crippen LogP contribution in [0.4, 0.5) is 0 Å². The Kier molecular flexibility index (Phi) is 1.04. The van der Waals surface area contributed by atoms with Gasteiger partial charge in [-0.2, -0.15) is 0 Å². The number of rotatable bonds is 0. The van der Waals surface area contributed by atoms with Gasteiger partial charge in [0.1, 0.15) is 6.61 Å². The highest BCUT2D eigenvalue weighted by Gasteiger charge is 1.95. The first-order valence-corrected chi connectivity index (χ1v) is 2.05. The van der Waals surface area contributed by atoms with Crippen molar-refractivity contribution in [2.45, 2.75) is 6.42 Å². The Morgan fingerprint density at radius 3 is 2.83 bits per heavy atom. The summed E-state index contributed by atoms with van der Waals surface area (Å²) >= 11 is 0. The van der Waals surface area contributed by atoms with Gasteiger partial charge in [0.05, 0.1) is 0 Å². The average molecular weight is 87.1 g/mol. The molecule has 34 valence electrons. The van der Waals surface area contributed by atoms with Crippen LogP contribution in [0.1, 0.15) is 6.42 Å². The second-order valence-electron chi connectivity index (χ2n) is 1.19. The van der Waals surface area contributed by atoms with Crippen molar-refractivity contribution in [2.75, 3.05) is 13.2 Å². The van der Waals surface area contributed by atoms with Crippen LogP contribution < -0.4 is 5.11 Å². The lowest BCUT2D eigenvalue weighted by molar-refractivity contribution is -0.577. The maximum Gasteiger partial charge on any atom is 0.184 e. The summed E-state index contributed by atoms with van der Waals surface area (Å²) < 4.78 is 0. The summed E-state index contributed by atoms with van der Waals surface area (Å²) in [4.78, 5) is 4.58. The molecule has 0 aromatic carbocycles. The van der Waals surface area contributed by atoms with E-state index < -0.39 is 0 Å². The van der Waals surface area contributed by atoms with Crippen LogP contribution in [-0.4, -0.2) is 13.2 Å². The molecule has 0 saturated carbocycles. The molecule has 3 nitrogen and oxygen atoms in total. The van der Waals surface area contributed by atoms with Gasteiger partial charge in [0.25, 0.3) is 0 Å². The van der Waals surface area contributed by atoms with Crippen LogP contribution in [0.2, 0.25) is 0 Å². The Labute approximate surface area is 36.0 Å². The first-order valence-electron chi connectivity index (χ1n) is 2.05. The summed E-state index contributed by atoms with van der Waals surface area (Å²) in [6.07, 6.45) is 1.07. The third kappa shape index (κ3) is 0.672. The molecule has 1 N–H and O–H groups in total. The lowest BCUT2D eigenvalue weighted by Gasteiger charge is -1.92. The smallest absolute Gasteiger partial charge is 0.184 e. The normalized spacial score (nSPS) is 20.0. The molecule has 0 atom stereocenters. The minimum Gasteiger partial charge on any atom is -0.348 e. The third-order valence-electron chi connectivity index (χ3n) is 0.653. The highest BCUT2D eigenvalue weighted by molar-refractivity contribution is 4.26. The maximum absolute atomic E-state index is 4.58. The third-order valence-corrected chi connectivity index (χ3v) is 0.653. The highest BCUT2D eigenvalue weighted by Crippen LogP contribution is 1.78. The van der Waals surface area contributed by atoms with Crippen LogP contribution in [0.5, 0.6) is 0 Å². The van der Waals surface area contributed by atoms with Gasteiger partial charge in [-0.25, -0.2) is 0 Å². The first kappa shape index (κ1) is 3.59. The van der Waals surface area contributed by atoms with E-state index in [0.29, 0.717) is 0 Å². The zero-order valence-corrected chi connectivity index (χ0v) is 3.48. The van der Waals surface area contributed by atoms with Gasteiger partial charge in [-0.1, -0.05) is 0 Å². The van der Waals surface area contributed by atoms with E-state index in [0.717, 1.165) is 19.6 Å². The van der Waals surface area contributed by atoms with Crippen molar-refractivity contribution in [2.24, 2.45) is 5.28 Å². The molecule has 1 aliphatic rings. The lowest BCUT2D eigenvalue weighted by Crippen LogP contribution is -2.67. The van der Waals surface area contributed by atoms with Crippen molar-refractivity contribution in [1.82, 2.24) is 0 Å². The molecular formula is C3H7N2O+. The molecule has 1 rings (SSSR count). The summed E-state index contributed by atoms with van der Waals surface area (Å²) in [7, 11) is 0. The van der Waals surface area contributed by atoms with E-state index in [1.807, 2.05) is 0 Å². The highest BCUT2D eigenvalue weighted by atomic mass is 16.6. The SMILES string of the molecule is C1C[NH+]=NOC1. The Hall–Kier alpha value is -0.600. The fraction of sp³-hybridized carbons (Fsp3) is 1.00. The van der Waals surface area contributed by atoms with Crippen LogP contribution in [0, 0.1) is 0 Å². The Balaban J connectivity index is 2.26. The second kappa shape index (κ2) is 1.74. The van der Waals surface area contributed by atoms with E-state index >= 15 is 0 Å². The van der Waals surface area contributed by atoms with Gasteiger partial charge in [0.2, 0.25) is 0 Å². The minimum atomic E-state index is 0.771. The molecule has 0 spiro atoms. The summed E-state index contributed by atoms with van der Waals surface area (Å²) in [5, 5.41) is 6.11. The molecule has 0 aromatic rings. The van der Waals surface area contributed by atoms with Gasteiger partial charge in [-0.15, -0.1) is 5.11 Å². The van der Waals surface area contributed by atoms with E-state index in [1.54, 1.807) is 0 Å². The fourth-order valence-corrected chi connectivity index (χ4v) is 0.353. The Morgan fingerprint density at radius 1 is 1.67 bits per heavy atom. The molecule has 3 heteroatoms. The molecule has 1 heterocycles. The van der Waals surface area contributed by atoms with Gasteiger partial charge >= 0.3 is 0 Å².